The summed E-state index contributed by atoms with van der Waals surface area (Å²) >= 11 is 0. The largest absolute Gasteiger partial charge is 0.351 e. The van der Waals surface area contributed by atoms with E-state index < -0.39 is 0 Å². The summed E-state index contributed by atoms with van der Waals surface area (Å²) in [6, 6.07) is 0.281. The minimum Gasteiger partial charge on any atom is -0.351 e. The number of amides is 1. The van der Waals surface area contributed by atoms with E-state index in [0.717, 1.165) is 52.1 Å². The lowest BCUT2D eigenvalue weighted by atomic mass is 10.2. The van der Waals surface area contributed by atoms with Crippen molar-refractivity contribution in [2.45, 2.75) is 31.8 Å². The molecule has 5 heteroatoms. The van der Waals surface area contributed by atoms with E-state index in [0.29, 0.717) is 0 Å². The Morgan fingerprint density at radius 1 is 1.39 bits per heavy atom. The Balaban J connectivity index is 1.68. The lowest BCUT2D eigenvalue weighted by Gasteiger charge is -2.34. The van der Waals surface area contributed by atoms with Crippen LogP contribution in [0.3, 0.4) is 0 Å². The number of carbonyl (C=O) groups excluding carboxylic acids is 1. The van der Waals surface area contributed by atoms with Gasteiger partial charge >= 0.3 is 0 Å². The van der Waals surface area contributed by atoms with Crippen LogP contribution in [0, 0.1) is 0 Å². The van der Waals surface area contributed by atoms with Crippen LogP contribution < -0.4 is 10.6 Å². The molecule has 2 saturated heterocycles. The average Bonchev–Trinajstić information content (AvgIpc) is 2.85. The highest BCUT2D eigenvalue weighted by molar-refractivity contribution is 5.82. The van der Waals surface area contributed by atoms with Crippen LogP contribution in [0.1, 0.15) is 19.8 Å². The number of nitrogens with zero attached hydrogens (tertiary/aromatic N) is 2. The molecule has 18 heavy (non-hydrogen) atoms. The Morgan fingerprint density at radius 2 is 2.11 bits per heavy atom. The molecule has 2 N–H and O–H groups in total. The van der Waals surface area contributed by atoms with Gasteiger partial charge in [-0.05, 0) is 33.4 Å². The molecule has 104 valence electrons. The van der Waals surface area contributed by atoms with Crippen LogP contribution in [-0.2, 0) is 4.79 Å². The first-order chi connectivity index (χ1) is 8.65. The maximum Gasteiger partial charge on any atom is 0.237 e. The van der Waals surface area contributed by atoms with E-state index in [1.807, 2.05) is 0 Å². The molecule has 0 saturated carbocycles. The van der Waals surface area contributed by atoms with Crippen LogP contribution in [0.2, 0.25) is 0 Å². The van der Waals surface area contributed by atoms with Gasteiger partial charge in [0.15, 0.2) is 0 Å². The normalized spacial score (nSPS) is 28.2. The van der Waals surface area contributed by atoms with E-state index in [2.05, 4.69) is 34.4 Å². The first-order valence-corrected chi connectivity index (χ1v) is 7.10. The van der Waals surface area contributed by atoms with Gasteiger partial charge in [0.05, 0.1) is 6.04 Å². The van der Waals surface area contributed by atoms with Crippen molar-refractivity contribution in [1.29, 1.82) is 0 Å². The van der Waals surface area contributed by atoms with Gasteiger partial charge < -0.3 is 15.5 Å². The number of piperazine rings is 1. The van der Waals surface area contributed by atoms with Crippen molar-refractivity contribution in [1.82, 2.24) is 20.4 Å². The van der Waals surface area contributed by atoms with Crippen LogP contribution in [-0.4, -0.2) is 74.1 Å². The fourth-order valence-corrected chi connectivity index (χ4v) is 2.72. The molecule has 0 spiro atoms. The third-order valence-electron chi connectivity index (χ3n) is 3.89. The SMILES string of the molecule is CC(CN1CCN(C)CC1)NC(=O)C1CCCN1. The molecule has 0 aromatic heterocycles. The van der Waals surface area contributed by atoms with Gasteiger partial charge in [0.2, 0.25) is 5.91 Å². The van der Waals surface area contributed by atoms with Gasteiger partial charge in [0.25, 0.3) is 0 Å². The minimum atomic E-state index is 0.0416. The van der Waals surface area contributed by atoms with E-state index >= 15 is 0 Å². The number of hydrogen-bond donors (Lipinski definition) is 2. The van der Waals surface area contributed by atoms with Crippen LogP contribution in [0.4, 0.5) is 0 Å². The quantitative estimate of drug-likeness (QED) is 0.709. The van der Waals surface area contributed by atoms with Crippen molar-refractivity contribution in [2.24, 2.45) is 0 Å². The Morgan fingerprint density at radius 3 is 2.72 bits per heavy atom. The van der Waals surface area contributed by atoms with Gasteiger partial charge in [-0.3, -0.25) is 9.69 Å². The van der Waals surface area contributed by atoms with E-state index in [-0.39, 0.29) is 18.0 Å². The summed E-state index contributed by atoms with van der Waals surface area (Å²) < 4.78 is 0. The third-order valence-corrected chi connectivity index (χ3v) is 3.89. The van der Waals surface area contributed by atoms with Gasteiger partial charge in [0, 0.05) is 38.8 Å². The molecular formula is C13H26N4O. The van der Waals surface area contributed by atoms with E-state index in [1.54, 1.807) is 0 Å². The molecule has 2 unspecified atom stereocenters. The van der Waals surface area contributed by atoms with Crippen molar-refractivity contribution < 1.29 is 4.79 Å². The zero-order valence-electron chi connectivity index (χ0n) is 11.6. The molecular weight excluding hydrogens is 228 g/mol. The fourth-order valence-electron chi connectivity index (χ4n) is 2.72. The number of nitrogens with one attached hydrogen (secondary N) is 2. The van der Waals surface area contributed by atoms with Gasteiger partial charge in [-0.15, -0.1) is 0 Å². The highest BCUT2D eigenvalue weighted by Crippen LogP contribution is 2.05. The lowest BCUT2D eigenvalue weighted by molar-refractivity contribution is -0.123. The first-order valence-electron chi connectivity index (χ1n) is 7.10. The van der Waals surface area contributed by atoms with Crippen molar-refractivity contribution >= 4 is 5.91 Å². The Kier molecular flexibility index (Phi) is 4.97. The molecule has 0 radical (unpaired) electrons. The summed E-state index contributed by atoms with van der Waals surface area (Å²) in [6.45, 7) is 8.52. The molecule has 2 aliphatic heterocycles. The Bertz CT molecular complexity index is 270. The highest BCUT2D eigenvalue weighted by atomic mass is 16.2. The van der Waals surface area contributed by atoms with Crippen molar-refractivity contribution in [3.63, 3.8) is 0 Å². The Labute approximate surface area is 110 Å². The predicted octanol–water partition coefficient (Wildman–Crippen LogP) is -0.509. The summed E-state index contributed by atoms with van der Waals surface area (Å²) in [7, 11) is 2.16. The van der Waals surface area contributed by atoms with Crippen LogP contribution in [0.25, 0.3) is 0 Å². The van der Waals surface area contributed by atoms with Crippen LogP contribution >= 0.6 is 0 Å². The second kappa shape index (κ2) is 6.50. The summed E-state index contributed by atoms with van der Waals surface area (Å²) in [5.41, 5.74) is 0. The monoisotopic (exact) mass is 254 g/mol. The molecule has 1 amide bonds. The first kappa shape index (κ1) is 13.8. The molecule has 2 fully saturated rings. The second-order valence-corrected chi connectivity index (χ2v) is 5.66. The molecule has 2 rings (SSSR count). The predicted molar refractivity (Wildman–Crippen MR) is 72.6 cm³/mol. The zero-order chi connectivity index (χ0) is 13.0. The number of likely N-dealkylation sites (N-methyl/N-ethyl adjacent to an activating group) is 1. The summed E-state index contributed by atoms with van der Waals surface area (Å²) in [5.74, 6) is 0.175. The van der Waals surface area contributed by atoms with E-state index in [4.69, 9.17) is 0 Å². The molecule has 5 nitrogen and oxygen atoms in total. The molecule has 2 heterocycles. The standard InChI is InChI=1S/C13H26N4O/c1-11(10-17-8-6-16(2)7-9-17)15-13(18)12-4-3-5-14-12/h11-12,14H,3-10H2,1-2H3,(H,15,18). The van der Waals surface area contributed by atoms with E-state index in [1.165, 1.54) is 0 Å². The van der Waals surface area contributed by atoms with Gasteiger partial charge in [-0.1, -0.05) is 0 Å². The third kappa shape index (κ3) is 3.93. The van der Waals surface area contributed by atoms with Gasteiger partial charge in [-0.2, -0.15) is 0 Å². The average molecular weight is 254 g/mol. The van der Waals surface area contributed by atoms with Crippen LogP contribution in [0.15, 0.2) is 0 Å². The summed E-state index contributed by atoms with van der Waals surface area (Å²) in [4.78, 5) is 16.7. The lowest BCUT2D eigenvalue weighted by Crippen LogP contribution is -2.51. The molecule has 0 aromatic carbocycles. The van der Waals surface area contributed by atoms with Crippen LogP contribution in [0.5, 0.6) is 0 Å². The topological polar surface area (TPSA) is 47.6 Å². The maximum absolute atomic E-state index is 11.9. The van der Waals surface area contributed by atoms with Gasteiger partial charge in [-0.25, -0.2) is 0 Å². The van der Waals surface area contributed by atoms with Gasteiger partial charge in [0.1, 0.15) is 0 Å². The number of carbonyl (C=O) groups is 1. The van der Waals surface area contributed by atoms with Crippen molar-refractivity contribution in [3.8, 4) is 0 Å². The smallest absolute Gasteiger partial charge is 0.237 e. The number of rotatable bonds is 4. The van der Waals surface area contributed by atoms with Crippen molar-refractivity contribution in [2.75, 3.05) is 46.3 Å². The highest BCUT2D eigenvalue weighted by Gasteiger charge is 2.24. The molecule has 0 bridgehead atoms. The molecule has 0 aliphatic carbocycles. The number of hydrogen-bond acceptors (Lipinski definition) is 4. The molecule has 2 atom stereocenters. The molecule has 2 aliphatic rings. The summed E-state index contributed by atoms with van der Waals surface area (Å²) in [5, 5.41) is 6.36. The Hall–Kier alpha value is -0.650. The second-order valence-electron chi connectivity index (χ2n) is 5.66. The summed E-state index contributed by atoms with van der Waals surface area (Å²) in [6.07, 6.45) is 2.10. The fraction of sp³-hybridized carbons (Fsp3) is 0.923. The molecule has 0 aromatic rings. The van der Waals surface area contributed by atoms with Crippen molar-refractivity contribution in [3.05, 3.63) is 0 Å². The maximum atomic E-state index is 11.9. The minimum absolute atomic E-state index is 0.0416. The van der Waals surface area contributed by atoms with E-state index in [9.17, 15) is 4.79 Å². The zero-order valence-corrected chi connectivity index (χ0v) is 11.6.